The van der Waals surface area contributed by atoms with Crippen molar-refractivity contribution >= 4 is 51.4 Å². The van der Waals surface area contributed by atoms with Crippen molar-refractivity contribution in [1.29, 1.82) is 0 Å². The fourth-order valence-electron chi connectivity index (χ4n) is 3.05. The number of para-hydroxylation sites is 1. The minimum absolute atomic E-state index is 0.130. The van der Waals surface area contributed by atoms with Crippen LogP contribution in [-0.4, -0.2) is 16.5 Å². The summed E-state index contributed by atoms with van der Waals surface area (Å²) in [6.07, 6.45) is 0. The molecule has 4 rings (SSSR count). The molecule has 0 unspecified atom stereocenters. The lowest BCUT2D eigenvalue weighted by molar-refractivity contribution is -0.114. The zero-order valence-corrected chi connectivity index (χ0v) is 15.5. The molecule has 0 N–H and O–H groups in total. The summed E-state index contributed by atoms with van der Waals surface area (Å²) >= 11 is 8.69. The molecule has 24 heavy (non-hydrogen) atoms. The van der Waals surface area contributed by atoms with Crippen LogP contribution >= 0.6 is 35.7 Å². The van der Waals surface area contributed by atoms with Gasteiger partial charge in [0.1, 0.15) is 0 Å². The number of benzene rings is 2. The number of allylic oxidation sites excluding steroid dienone is 1. The number of ketones is 1. The highest BCUT2D eigenvalue weighted by Crippen LogP contribution is 2.52. The van der Waals surface area contributed by atoms with Crippen LogP contribution in [0.5, 0.6) is 0 Å². The first-order valence-electron chi connectivity index (χ1n) is 7.80. The molecular formula is C19H15NOS3. The number of carbonyl (C=O) groups excluding carboxylic acids is 1. The van der Waals surface area contributed by atoms with E-state index >= 15 is 0 Å². The monoisotopic (exact) mass is 369 g/mol. The summed E-state index contributed by atoms with van der Waals surface area (Å²) in [6, 6.07) is 18.1. The highest BCUT2D eigenvalue weighted by molar-refractivity contribution is 8.27. The molecule has 5 heteroatoms. The van der Waals surface area contributed by atoms with Crippen molar-refractivity contribution in [2.45, 2.75) is 17.7 Å². The highest BCUT2D eigenvalue weighted by atomic mass is 32.2. The Morgan fingerprint density at radius 3 is 2.50 bits per heavy atom. The predicted molar refractivity (Wildman–Crippen MR) is 107 cm³/mol. The van der Waals surface area contributed by atoms with E-state index in [0.29, 0.717) is 0 Å². The fraction of sp³-hybridized carbons (Fsp3) is 0.158. The maximum Gasteiger partial charge on any atom is 0.185 e. The molecule has 120 valence electrons. The molecule has 0 radical (unpaired) electrons. The third-order valence-electron chi connectivity index (χ3n) is 4.18. The van der Waals surface area contributed by atoms with Gasteiger partial charge in [-0.25, -0.2) is 0 Å². The largest absolute Gasteiger partial charge is 0.334 e. The molecule has 1 fully saturated rings. The Balaban J connectivity index is 1.77. The summed E-state index contributed by atoms with van der Waals surface area (Å²) in [7, 11) is 0. The third-order valence-corrected chi connectivity index (χ3v) is 7.01. The Kier molecular flexibility index (Phi) is 4.24. The molecular weight excluding hydrogens is 354 g/mol. The molecule has 0 aromatic heterocycles. The van der Waals surface area contributed by atoms with Gasteiger partial charge in [-0.15, -0.1) is 0 Å². The van der Waals surface area contributed by atoms with Gasteiger partial charge >= 0.3 is 0 Å². The first-order valence-corrected chi connectivity index (χ1v) is 9.84. The molecule has 0 aliphatic carbocycles. The summed E-state index contributed by atoms with van der Waals surface area (Å²) in [5.74, 6) is -0.179. The van der Waals surface area contributed by atoms with E-state index < -0.39 is 0 Å². The van der Waals surface area contributed by atoms with E-state index in [0.717, 1.165) is 26.2 Å². The maximum absolute atomic E-state index is 13.1. The van der Waals surface area contributed by atoms with Crippen LogP contribution in [0.3, 0.4) is 0 Å². The van der Waals surface area contributed by atoms with E-state index in [1.165, 1.54) is 22.3 Å². The SMILES string of the molecule is CCN1C(=C2SC(=S)[C@H](c3ccccc3)C2=O)Sc2ccccc21. The molecule has 1 saturated heterocycles. The molecule has 0 saturated carbocycles. The number of fused-ring (bicyclic) bond motifs is 1. The second kappa shape index (κ2) is 6.39. The van der Waals surface area contributed by atoms with Gasteiger partial charge in [-0.1, -0.05) is 78.2 Å². The van der Waals surface area contributed by atoms with Crippen molar-refractivity contribution in [2.75, 3.05) is 11.4 Å². The van der Waals surface area contributed by atoms with Crippen molar-refractivity contribution in [2.24, 2.45) is 0 Å². The third kappa shape index (κ3) is 2.51. The van der Waals surface area contributed by atoms with Crippen LogP contribution < -0.4 is 4.90 Å². The van der Waals surface area contributed by atoms with Crippen molar-refractivity contribution in [1.82, 2.24) is 0 Å². The Labute approximate surface area is 155 Å². The van der Waals surface area contributed by atoms with Crippen LogP contribution in [0, 0.1) is 0 Å². The van der Waals surface area contributed by atoms with Crippen LogP contribution in [0.15, 0.2) is 69.4 Å². The van der Waals surface area contributed by atoms with Gasteiger partial charge in [-0.2, -0.15) is 0 Å². The van der Waals surface area contributed by atoms with Gasteiger partial charge in [-0.05, 0) is 24.6 Å². The minimum atomic E-state index is -0.309. The average Bonchev–Trinajstić information content (AvgIpc) is 3.12. The number of anilines is 1. The molecule has 1 atom stereocenters. The molecule has 0 bridgehead atoms. The second-order valence-electron chi connectivity index (χ2n) is 5.58. The zero-order chi connectivity index (χ0) is 16.7. The van der Waals surface area contributed by atoms with E-state index in [-0.39, 0.29) is 11.7 Å². The van der Waals surface area contributed by atoms with Crippen LogP contribution in [0.4, 0.5) is 5.69 Å². The van der Waals surface area contributed by atoms with E-state index in [1.54, 1.807) is 11.8 Å². The van der Waals surface area contributed by atoms with Crippen molar-refractivity contribution in [3.63, 3.8) is 0 Å². The van der Waals surface area contributed by atoms with Crippen LogP contribution in [0.25, 0.3) is 0 Å². The van der Waals surface area contributed by atoms with Gasteiger partial charge in [-0.3, -0.25) is 4.79 Å². The number of Topliss-reactive ketones (excluding diaryl/α,β-unsaturated/α-hetero) is 1. The molecule has 2 aliphatic rings. The van der Waals surface area contributed by atoms with Gasteiger partial charge in [0.2, 0.25) is 0 Å². The summed E-state index contributed by atoms with van der Waals surface area (Å²) in [6.45, 7) is 2.94. The summed E-state index contributed by atoms with van der Waals surface area (Å²) in [4.78, 5) is 17.3. The fourth-order valence-corrected chi connectivity index (χ4v) is 5.94. The number of carbonyl (C=O) groups is 1. The van der Waals surface area contributed by atoms with E-state index in [2.05, 4.69) is 24.0 Å². The van der Waals surface area contributed by atoms with Gasteiger partial charge < -0.3 is 4.90 Å². The molecule has 0 spiro atoms. The van der Waals surface area contributed by atoms with Crippen LogP contribution in [0.2, 0.25) is 0 Å². The Bertz CT molecular complexity index is 860. The molecule has 2 aliphatic heterocycles. The maximum atomic E-state index is 13.1. The number of hydrogen-bond acceptors (Lipinski definition) is 5. The van der Waals surface area contributed by atoms with Crippen molar-refractivity contribution < 1.29 is 4.79 Å². The Morgan fingerprint density at radius 1 is 1.04 bits per heavy atom. The van der Waals surface area contributed by atoms with Gasteiger partial charge in [0.05, 0.1) is 25.7 Å². The standard InChI is InChI=1S/C19H15NOS3/c1-2-20-13-10-6-7-11-14(13)23-18(20)17-16(21)15(19(22)24-17)12-8-4-3-5-9-12/h3-11,15H,2H2,1H3/t15-/m1/s1. The van der Waals surface area contributed by atoms with Gasteiger partial charge in [0.15, 0.2) is 5.78 Å². The summed E-state index contributed by atoms with van der Waals surface area (Å²) in [5, 5.41) is 1.02. The Morgan fingerprint density at radius 2 is 1.75 bits per heavy atom. The van der Waals surface area contributed by atoms with E-state index in [9.17, 15) is 4.79 Å². The molecule has 2 nitrogen and oxygen atoms in total. The smallest absolute Gasteiger partial charge is 0.185 e. The van der Waals surface area contributed by atoms with Crippen LogP contribution in [0.1, 0.15) is 18.4 Å². The number of rotatable bonds is 2. The average molecular weight is 370 g/mol. The van der Waals surface area contributed by atoms with Crippen LogP contribution in [-0.2, 0) is 4.79 Å². The summed E-state index contributed by atoms with van der Waals surface area (Å²) in [5.41, 5.74) is 2.16. The number of nitrogens with zero attached hydrogens (tertiary/aromatic N) is 1. The number of hydrogen-bond donors (Lipinski definition) is 0. The molecule has 2 heterocycles. The minimum Gasteiger partial charge on any atom is -0.334 e. The lowest BCUT2D eigenvalue weighted by Gasteiger charge is -2.19. The van der Waals surface area contributed by atoms with E-state index in [1.807, 2.05) is 42.5 Å². The number of thioether (sulfide) groups is 2. The van der Waals surface area contributed by atoms with E-state index in [4.69, 9.17) is 12.2 Å². The second-order valence-corrected chi connectivity index (χ2v) is 8.36. The molecule has 2 aromatic carbocycles. The van der Waals surface area contributed by atoms with Gasteiger partial charge in [0.25, 0.3) is 0 Å². The molecule has 0 amide bonds. The molecule has 2 aromatic rings. The lowest BCUT2D eigenvalue weighted by atomic mass is 9.96. The lowest BCUT2D eigenvalue weighted by Crippen LogP contribution is -2.19. The first-order chi connectivity index (χ1) is 11.7. The predicted octanol–water partition coefficient (Wildman–Crippen LogP) is 5.21. The first kappa shape index (κ1) is 15.9. The van der Waals surface area contributed by atoms with Gasteiger partial charge in [0, 0.05) is 11.4 Å². The quantitative estimate of drug-likeness (QED) is 0.533. The van der Waals surface area contributed by atoms with Crippen molar-refractivity contribution in [3.05, 3.63) is 70.1 Å². The number of thiocarbonyl (C=S) groups is 1. The normalized spacial score (nSPS) is 23.0. The summed E-state index contributed by atoms with van der Waals surface area (Å²) < 4.78 is 0.751. The zero-order valence-electron chi connectivity index (χ0n) is 13.1. The van der Waals surface area contributed by atoms with Crippen molar-refractivity contribution in [3.8, 4) is 0 Å². The Hall–Kier alpha value is -1.56. The highest BCUT2D eigenvalue weighted by Gasteiger charge is 2.41. The topological polar surface area (TPSA) is 20.3 Å².